The largest absolute Gasteiger partial charge is 0.324 e. The summed E-state index contributed by atoms with van der Waals surface area (Å²) >= 11 is 6.53. The zero-order chi connectivity index (χ0) is 21.4. The van der Waals surface area contributed by atoms with E-state index < -0.39 is 0 Å². The molecule has 1 aliphatic heterocycles. The predicted molar refractivity (Wildman–Crippen MR) is 120 cm³/mol. The Bertz CT molecular complexity index is 1310. The molecule has 4 aromatic rings. The average molecular weight is 431 g/mol. The Hall–Kier alpha value is -3.77. The van der Waals surface area contributed by atoms with Crippen molar-refractivity contribution in [3.05, 3.63) is 95.8 Å². The molecule has 0 spiro atoms. The molecule has 0 bridgehead atoms. The van der Waals surface area contributed by atoms with Gasteiger partial charge in [-0.15, -0.1) is 0 Å². The van der Waals surface area contributed by atoms with Crippen LogP contribution in [0.25, 0.3) is 16.8 Å². The fourth-order valence-corrected chi connectivity index (χ4v) is 3.83. The minimum Gasteiger partial charge on any atom is -0.324 e. The highest BCUT2D eigenvalue weighted by atomic mass is 35.5. The zero-order valence-corrected chi connectivity index (χ0v) is 17.0. The number of benzene rings is 3. The second kappa shape index (κ2) is 7.81. The fourth-order valence-electron chi connectivity index (χ4n) is 3.56. The Balaban J connectivity index is 1.58. The Kier molecular flexibility index (Phi) is 4.84. The summed E-state index contributed by atoms with van der Waals surface area (Å²) in [5.41, 5.74) is 5.00. The van der Waals surface area contributed by atoms with E-state index in [0.717, 1.165) is 16.8 Å². The first-order valence-electron chi connectivity index (χ1n) is 9.62. The first kappa shape index (κ1) is 19.2. The third kappa shape index (κ3) is 3.85. The Morgan fingerprint density at radius 2 is 1.87 bits per heavy atom. The van der Waals surface area contributed by atoms with Crippen molar-refractivity contribution in [2.45, 2.75) is 6.42 Å². The van der Waals surface area contributed by atoms with E-state index >= 15 is 0 Å². The standard InChI is InChI=1S/C24H16ClFN4O/c25-20-12-23-22(11-19(20)15-4-6-17(26)7-5-15)29-24(31)13-21(28-23)16-2-1-3-18(10-16)30-9-8-27-14-30/h1-12,14H,13H2,(H,29,31). The highest BCUT2D eigenvalue weighted by molar-refractivity contribution is 6.34. The molecule has 1 N–H and O–H groups in total. The number of amides is 1. The Labute approximate surface area is 182 Å². The van der Waals surface area contributed by atoms with Gasteiger partial charge >= 0.3 is 0 Å². The molecule has 7 heteroatoms. The van der Waals surface area contributed by atoms with Crippen molar-refractivity contribution in [1.29, 1.82) is 0 Å². The van der Waals surface area contributed by atoms with Crippen LogP contribution in [-0.4, -0.2) is 21.2 Å². The van der Waals surface area contributed by atoms with Gasteiger partial charge in [-0.25, -0.2) is 9.37 Å². The molecule has 5 nitrogen and oxygen atoms in total. The summed E-state index contributed by atoms with van der Waals surface area (Å²) in [6.45, 7) is 0. The van der Waals surface area contributed by atoms with Crippen LogP contribution in [0.3, 0.4) is 0 Å². The van der Waals surface area contributed by atoms with E-state index in [9.17, 15) is 9.18 Å². The molecular weight excluding hydrogens is 415 g/mol. The third-order valence-corrected chi connectivity index (χ3v) is 5.39. The lowest BCUT2D eigenvalue weighted by Crippen LogP contribution is -2.15. The minimum atomic E-state index is -0.324. The number of aromatic nitrogens is 2. The molecule has 0 saturated carbocycles. The van der Waals surface area contributed by atoms with Crippen LogP contribution in [0.4, 0.5) is 15.8 Å². The molecule has 1 aliphatic rings. The van der Waals surface area contributed by atoms with Gasteiger partial charge < -0.3 is 9.88 Å². The highest BCUT2D eigenvalue weighted by Gasteiger charge is 2.20. The number of halogens is 2. The van der Waals surface area contributed by atoms with E-state index in [-0.39, 0.29) is 18.1 Å². The second-order valence-corrected chi connectivity index (χ2v) is 7.57. The topological polar surface area (TPSA) is 59.3 Å². The van der Waals surface area contributed by atoms with Gasteiger partial charge in [0.1, 0.15) is 5.82 Å². The molecule has 5 rings (SSSR count). The van der Waals surface area contributed by atoms with Crippen LogP contribution >= 0.6 is 11.6 Å². The van der Waals surface area contributed by atoms with Gasteiger partial charge in [-0.05, 0) is 47.5 Å². The van der Waals surface area contributed by atoms with Gasteiger partial charge in [-0.1, -0.05) is 35.9 Å². The summed E-state index contributed by atoms with van der Waals surface area (Å²) in [6.07, 6.45) is 5.41. The number of nitrogens with one attached hydrogen (secondary N) is 1. The van der Waals surface area contributed by atoms with Crippen molar-refractivity contribution >= 4 is 34.6 Å². The number of hydrogen-bond donors (Lipinski definition) is 1. The number of imidazole rings is 1. The number of carbonyl (C=O) groups is 1. The maximum Gasteiger partial charge on any atom is 0.230 e. The van der Waals surface area contributed by atoms with Crippen LogP contribution in [0.1, 0.15) is 12.0 Å². The minimum absolute atomic E-state index is 0.131. The Morgan fingerprint density at radius 1 is 1.03 bits per heavy atom. The van der Waals surface area contributed by atoms with Gasteiger partial charge in [0.2, 0.25) is 5.91 Å². The van der Waals surface area contributed by atoms with E-state index in [4.69, 9.17) is 16.6 Å². The molecule has 0 aliphatic carbocycles. The third-order valence-electron chi connectivity index (χ3n) is 5.08. The van der Waals surface area contributed by atoms with Crippen LogP contribution in [0.2, 0.25) is 5.02 Å². The van der Waals surface area contributed by atoms with Crippen LogP contribution in [-0.2, 0) is 4.79 Å². The van der Waals surface area contributed by atoms with E-state index in [1.807, 2.05) is 35.0 Å². The zero-order valence-electron chi connectivity index (χ0n) is 16.2. The number of aliphatic imine (C=N–C) groups is 1. The summed E-state index contributed by atoms with van der Waals surface area (Å²) in [5, 5.41) is 3.38. The maximum atomic E-state index is 13.3. The molecular formula is C24H16ClFN4O. The summed E-state index contributed by atoms with van der Waals surface area (Å²) < 4.78 is 15.2. The number of anilines is 1. The summed E-state index contributed by atoms with van der Waals surface area (Å²) in [6, 6.07) is 17.3. The van der Waals surface area contributed by atoms with Crippen molar-refractivity contribution in [3.63, 3.8) is 0 Å². The van der Waals surface area contributed by atoms with Crippen LogP contribution in [0, 0.1) is 5.82 Å². The van der Waals surface area contributed by atoms with Gasteiger partial charge in [0.15, 0.2) is 0 Å². The fraction of sp³-hybridized carbons (Fsp3) is 0.0417. The van der Waals surface area contributed by atoms with Crippen molar-refractivity contribution in [2.24, 2.45) is 4.99 Å². The number of fused-ring (bicyclic) bond motifs is 1. The maximum absolute atomic E-state index is 13.3. The van der Waals surface area contributed by atoms with E-state index in [2.05, 4.69) is 10.3 Å². The van der Waals surface area contributed by atoms with E-state index in [1.54, 1.807) is 36.8 Å². The normalized spacial score (nSPS) is 13.2. The lowest BCUT2D eigenvalue weighted by Gasteiger charge is -2.11. The van der Waals surface area contributed by atoms with Gasteiger partial charge in [0, 0.05) is 23.6 Å². The molecule has 152 valence electrons. The molecule has 2 heterocycles. The molecule has 3 aromatic carbocycles. The van der Waals surface area contributed by atoms with E-state index in [0.29, 0.717) is 27.7 Å². The number of carbonyl (C=O) groups excluding carboxylic acids is 1. The van der Waals surface area contributed by atoms with Crippen molar-refractivity contribution in [3.8, 4) is 16.8 Å². The van der Waals surface area contributed by atoms with Crippen molar-refractivity contribution < 1.29 is 9.18 Å². The Morgan fingerprint density at radius 3 is 2.65 bits per heavy atom. The lowest BCUT2D eigenvalue weighted by atomic mass is 10.0. The number of rotatable bonds is 3. The molecule has 0 fully saturated rings. The molecule has 0 radical (unpaired) electrons. The monoisotopic (exact) mass is 430 g/mol. The smallest absolute Gasteiger partial charge is 0.230 e. The van der Waals surface area contributed by atoms with Gasteiger partial charge in [0.05, 0.1) is 34.9 Å². The highest BCUT2D eigenvalue weighted by Crippen LogP contribution is 2.39. The van der Waals surface area contributed by atoms with Gasteiger partial charge in [-0.3, -0.25) is 9.79 Å². The van der Waals surface area contributed by atoms with Crippen molar-refractivity contribution in [1.82, 2.24) is 9.55 Å². The molecule has 0 saturated heterocycles. The predicted octanol–water partition coefficient (Wildman–Crippen LogP) is 5.79. The summed E-state index contributed by atoms with van der Waals surface area (Å²) in [7, 11) is 0. The quantitative estimate of drug-likeness (QED) is 0.447. The number of hydrogen-bond acceptors (Lipinski definition) is 3. The molecule has 0 atom stereocenters. The summed E-state index contributed by atoms with van der Waals surface area (Å²) in [5.74, 6) is -0.493. The van der Waals surface area contributed by atoms with Crippen LogP contribution < -0.4 is 5.32 Å². The van der Waals surface area contributed by atoms with Gasteiger partial charge in [0.25, 0.3) is 0 Å². The van der Waals surface area contributed by atoms with E-state index in [1.165, 1.54) is 12.1 Å². The van der Waals surface area contributed by atoms with Gasteiger partial charge in [-0.2, -0.15) is 0 Å². The van der Waals surface area contributed by atoms with Crippen LogP contribution in [0.15, 0.2) is 84.4 Å². The molecule has 1 aromatic heterocycles. The SMILES string of the molecule is O=C1CC(c2cccc(-n3ccnc3)c2)=Nc2cc(Cl)c(-c3ccc(F)cc3)cc2N1. The second-order valence-electron chi connectivity index (χ2n) is 7.16. The molecule has 31 heavy (non-hydrogen) atoms. The van der Waals surface area contributed by atoms with Crippen LogP contribution in [0.5, 0.6) is 0 Å². The number of nitrogens with zero attached hydrogens (tertiary/aromatic N) is 3. The molecule has 1 amide bonds. The lowest BCUT2D eigenvalue weighted by molar-refractivity contribution is -0.115. The summed E-state index contributed by atoms with van der Waals surface area (Å²) in [4.78, 5) is 21.5. The van der Waals surface area contributed by atoms with Crippen molar-refractivity contribution in [2.75, 3.05) is 5.32 Å². The average Bonchev–Trinajstić information content (AvgIpc) is 3.25. The molecule has 0 unspecified atom stereocenters. The first-order chi connectivity index (χ1) is 15.1. The first-order valence-corrected chi connectivity index (χ1v) is 10.0.